The van der Waals surface area contributed by atoms with Gasteiger partial charge in [0.15, 0.2) is 0 Å². The molecule has 5 nitrogen and oxygen atoms in total. The van der Waals surface area contributed by atoms with E-state index in [1.807, 2.05) is 6.07 Å². The maximum Gasteiger partial charge on any atom is 0.213 e. The highest BCUT2D eigenvalue weighted by atomic mass is 32.2. The molecule has 1 aliphatic carbocycles. The summed E-state index contributed by atoms with van der Waals surface area (Å²) in [5.74, 6) is 0.699. The van der Waals surface area contributed by atoms with Crippen LogP contribution in [0.4, 0.5) is 0 Å². The zero-order chi connectivity index (χ0) is 16.4. The van der Waals surface area contributed by atoms with Gasteiger partial charge in [-0.25, -0.2) is 13.1 Å². The average Bonchev–Trinajstić information content (AvgIpc) is 3.00. The van der Waals surface area contributed by atoms with Gasteiger partial charge in [-0.1, -0.05) is 6.92 Å². The quantitative estimate of drug-likeness (QED) is 0.841. The summed E-state index contributed by atoms with van der Waals surface area (Å²) in [6.45, 7) is 5.91. The molecule has 1 heterocycles. The van der Waals surface area contributed by atoms with E-state index in [-0.39, 0.29) is 5.92 Å². The number of rotatable bonds is 6. The third-order valence-corrected chi connectivity index (χ3v) is 6.76. The molecule has 1 aromatic heterocycles. The first-order valence-corrected chi connectivity index (χ1v) is 9.53. The topological polar surface area (TPSA) is 79.5 Å². The summed E-state index contributed by atoms with van der Waals surface area (Å²) in [6, 6.07) is 1.82. The number of sulfonamides is 1. The van der Waals surface area contributed by atoms with Crippen LogP contribution in [0.15, 0.2) is 23.0 Å². The second kappa shape index (κ2) is 6.72. The minimum atomic E-state index is -3.20. The molecule has 22 heavy (non-hydrogen) atoms. The molecule has 6 heteroatoms. The van der Waals surface area contributed by atoms with Gasteiger partial charge >= 0.3 is 0 Å². The van der Waals surface area contributed by atoms with Crippen LogP contribution < -0.4 is 4.72 Å². The molecular weight excluding hydrogens is 302 g/mol. The van der Waals surface area contributed by atoms with Crippen molar-refractivity contribution in [2.24, 2.45) is 11.8 Å². The second-order valence-electron chi connectivity index (χ2n) is 6.80. The van der Waals surface area contributed by atoms with E-state index in [0.29, 0.717) is 25.3 Å². The van der Waals surface area contributed by atoms with E-state index in [2.05, 4.69) is 11.6 Å². The molecular formula is C16H27NO4S. The molecule has 1 aliphatic rings. The first kappa shape index (κ1) is 17.5. The lowest BCUT2D eigenvalue weighted by molar-refractivity contribution is -0.0211. The van der Waals surface area contributed by atoms with Crippen LogP contribution in [0.5, 0.6) is 0 Å². The molecule has 1 saturated carbocycles. The molecule has 1 fully saturated rings. The number of nitrogens with one attached hydrogen (secondary N) is 1. The van der Waals surface area contributed by atoms with E-state index in [4.69, 9.17) is 4.42 Å². The molecule has 0 spiro atoms. The van der Waals surface area contributed by atoms with Gasteiger partial charge in [0.1, 0.15) is 0 Å². The SMILES string of the molecule is CC(CNS(=O)(=O)C(C)C)C1CCC(O)(c2ccoc2)CC1. The van der Waals surface area contributed by atoms with Gasteiger partial charge in [0, 0.05) is 12.1 Å². The van der Waals surface area contributed by atoms with Gasteiger partial charge in [-0.15, -0.1) is 0 Å². The fourth-order valence-corrected chi connectivity index (χ4v) is 3.91. The summed E-state index contributed by atoms with van der Waals surface area (Å²) in [6.07, 6.45) is 6.37. The first-order chi connectivity index (χ1) is 10.2. The largest absolute Gasteiger partial charge is 0.472 e. The van der Waals surface area contributed by atoms with E-state index in [0.717, 1.165) is 18.4 Å². The van der Waals surface area contributed by atoms with Crippen LogP contribution in [0.2, 0.25) is 0 Å². The molecule has 0 amide bonds. The van der Waals surface area contributed by atoms with Crippen LogP contribution >= 0.6 is 0 Å². The number of furan rings is 1. The minimum Gasteiger partial charge on any atom is -0.472 e. The van der Waals surface area contributed by atoms with Crippen LogP contribution in [-0.4, -0.2) is 25.3 Å². The molecule has 0 bridgehead atoms. The minimum absolute atomic E-state index is 0.266. The predicted molar refractivity (Wildman–Crippen MR) is 85.8 cm³/mol. The van der Waals surface area contributed by atoms with E-state index < -0.39 is 20.9 Å². The van der Waals surface area contributed by atoms with Crippen molar-refractivity contribution in [3.05, 3.63) is 24.2 Å². The van der Waals surface area contributed by atoms with Crippen LogP contribution in [0.25, 0.3) is 0 Å². The highest BCUT2D eigenvalue weighted by Gasteiger charge is 2.37. The standard InChI is InChI=1S/C16H27NO4S/c1-12(2)22(19,20)17-10-13(3)14-4-7-16(18,8-5-14)15-6-9-21-11-15/h6,9,11-14,17-18H,4-5,7-8,10H2,1-3H3. The Morgan fingerprint density at radius 2 is 2.00 bits per heavy atom. The highest BCUT2D eigenvalue weighted by Crippen LogP contribution is 2.41. The van der Waals surface area contributed by atoms with Crippen LogP contribution in [-0.2, 0) is 15.6 Å². The summed E-state index contributed by atoms with van der Waals surface area (Å²) in [5.41, 5.74) is 0.0554. The summed E-state index contributed by atoms with van der Waals surface area (Å²) in [5, 5.41) is 10.3. The Bertz CT molecular complexity index is 557. The zero-order valence-corrected chi connectivity index (χ0v) is 14.4. The zero-order valence-electron chi connectivity index (χ0n) is 13.6. The van der Waals surface area contributed by atoms with Crippen molar-refractivity contribution in [2.45, 2.75) is 57.3 Å². The smallest absolute Gasteiger partial charge is 0.213 e. The van der Waals surface area contributed by atoms with Crippen molar-refractivity contribution in [2.75, 3.05) is 6.54 Å². The number of hydrogen-bond acceptors (Lipinski definition) is 4. The Balaban J connectivity index is 1.86. The van der Waals surface area contributed by atoms with Gasteiger partial charge in [-0.3, -0.25) is 0 Å². The highest BCUT2D eigenvalue weighted by molar-refractivity contribution is 7.90. The third-order valence-electron chi connectivity index (χ3n) is 4.95. The van der Waals surface area contributed by atoms with E-state index >= 15 is 0 Å². The molecule has 0 saturated heterocycles. The summed E-state index contributed by atoms with van der Waals surface area (Å²) < 4.78 is 31.4. The Labute approximate surface area is 133 Å². The lowest BCUT2D eigenvalue weighted by Crippen LogP contribution is -2.38. The fourth-order valence-electron chi connectivity index (χ4n) is 3.09. The molecule has 0 aromatic carbocycles. The summed E-state index contributed by atoms with van der Waals surface area (Å²) in [7, 11) is -3.20. The van der Waals surface area contributed by atoms with Crippen LogP contribution in [0.3, 0.4) is 0 Å². The molecule has 2 rings (SSSR count). The van der Waals surface area contributed by atoms with Crippen molar-refractivity contribution >= 4 is 10.0 Å². The van der Waals surface area contributed by atoms with Gasteiger partial charge in [-0.2, -0.15) is 0 Å². The van der Waals surface area contributed by atoms with Gasteiger partial charge in [0.25, 0.3) is 0 Å². The Morgan fingerprint density at radius 1 is 1.36 bits per heavy atom. The number of hydrogen-bond donors (Lipinski definition) is 2. The van der Waals surface area contributed by atoms with Crippen LogP contribution in [0, 0.1) is 11.8 Å². The average molecular weight is 329 g/mol. The normalized spacial score (nSPS) is 28.0. The lowest BCUT2D eigenvalue weighted by Gasteiger charge is -2.37. The third kappa shape index (κ3) is 3.91. The molecule has 0 aliphatic heterocycles. The van der Waals surface area contributed by atoms with Crippen molar-refractivity contribution < 1.29 is 17.9 Å². The van der Waals surface area contributed by atoms with Crippen molar-refractivity contribution in [3.8, 4) is 0 Å². The van der Waals surface area contributed by atoms with Crippen LogP contribution in [0.1, 0.15) is 52.0 Å². The van der Waals surface area contributed by atoms with Crippen molar-refractivity contribution in [3.63, 3.8) is 0 Å². The fraction of sp³-hybridized carbons (Fsp3) is 0.750. The van der Waals surface area contributed by atoms with Gasteiger partial charge < -0.3 is 9.52 Å². The molecule has 2 N–H and O–H groups in total. The summed E-state index contributed by atoms with van der Waals surface area (Å²) >= 11 is 0. The van der Waals surface area contributed by atoms with E-state index in [1.165, 1.54) is 0 Å². The lowest BCUT2D eigenvalue weighted by atomic mass is 9.72. The molecule has 1 aromatic rings. The van der Waals surface area contributed by atoms with Crippen molar-refractivity contribution in [1.82, 2.24) is 4.72 Å². The first-order valence-electron chi connectivity index (χ1n) is 7.98. The molecule has 1 atom stereocenters. The van der Waals surface area contributed by atoms with E-state index in [1.54, 1.807) is 26.4 Å². The number of aliphatic hydroxyl groups is 1. The second-order valence-corrected chi connectivity index (χ2v) is 9.12. The Morgan fingerprint density at radius 3 is 2.50 bits per heavy atom. The van der Waals surface area contributed by atoms with Gasteiger partial charge in [-0.05, 0) is 57.4 Å². The van der Waals surface area contributed by atoms with E-state index in [9.17, 15) is 13.5 Å². The summed E-state index contributed by atoms with van der Waals surface area (Å²) in [4.78, 5) is 0. The Hall–Kier alpha value is -0.850. The maximum atomic E-state index is 11.8. The monoisotopic (exact) mass is 329 g/mol. The maximum absolute atomic E-state index is 11.8. The molecule has 1 unspecified atom stereocenters. The Kier molecular flexibility index (Phi) is 5.35. The van der Waals surface area contributed by atoms with Gasteiger partial charge in [0.2, 0.25) is 10.0 Å². The molecule has 126 valence electrons. The van der Waals surface area contributed by atoms with Crippen molar-refractivity contribution in [1.29, 1.82) is 0 Å². The predicted octanol–water partition coefficient (Wildman–Crippen LogP) is 2.62. The van der Waals surface area contributed by atoms with Gasteiger partial charge in [0.05, 0.1) is 23.4 Å². The molecule has 0 radical (unpaired) electrons.